The molecule has 2 amide bonds. The van der Waals surface area contributed by atoms with Crippen LogP contribution in [0, 0.1) is 0 Å². The Labute approximate surface area is 115 Å². The molecule has 1 aromatic rings. The van der Waals surface area contributed by atoms with E-state index >= 15 is 0 Å². The summed E-state index contributed by atoms with van der Waals surface area (Å²) in [6.07, 6.45) is 4.34. The number of carbonyl (C=O) groups excluding carboxylic acids is 1. The topological polar surface area (TPSA) is 45.2 Å². The van der Waals surface area contributed by atoms with E-state index in [2.05, 4.69) is 23.8 Å². The molecule has 1 rings (SSSR count). The Morgan fingerprint density at radius 2 is 2.05 bits per heavy atom. The number of urea groups is 1. The highest BCUT2D eigenvalue weighted by molar-refractivity contribution is 5.75. The van der Waals surface area contributed by atoms with Crippen LogP contribution in [0.4, 0.5) is 4.79 Å². The highest BCUT2D eigenvalue weighted by Gasteiger charge is 2.16. The molecule has 0 spiro atoms. The molecule has 0 aliphatic heterocycles. The van der Waals surface area contributed by atoms with Crippen LogP contribution in [0.15, 0.2) is 36.7 Å². The largest absolute Gasteiger partial charge is 0.331 e. The summed E-state index contributed by atoms with van der Waals surface area (Å²) in [4.78, 5) is 18.0. The van der Waals surface area contributed by atoms with Crippen molar-refractivity contribution in [2.24, 2.45) is 0 Å². The average Bonchev–Trinajstić information content (AvgIpc) is 2.42. The van der Waals surface area contributed by atoms with Gasteiger partial charge in [-0.15, -0.1) is 0 Å². The predicted octanol–water partition coefficient (Wildman–Crippen LogP) is 3.14. The van der Waals surface area contributed by atoms with Crippen LogP contribution in [-0.2, 0) is 0 Å². The number of amides is 2. The zero-order chi connectivity index (χ0) is 14.3. The lowest BCUT2D eigenvalue weighted by molar-refractivity contribution is 0.200. The van der Waals surface area contributed by atoms with E-state index in [0.29, 0.717) is 13.1 Å². The number of carbonyl (C=O) groups is 1. The molecule has 0 aromatic carbocycles. The minimum absolute atomic E-state index is 0.0228. The van der Waals surface area contributed by atoms with E-state index in [4.69, 9.17) is 0 Å². The van der Waals surface area contributed by atoms with Crippen LogP contribution >= 0.6 is 0 Å². The molecule has 0 bridgehead atoms. The van der Waals surface area contributed by atoms with Gasteiger partial charge in [-0.2, -0.15) is 0 Å². The molecule has 0 fully saturated rings. The first-order valence-electron chi connectivity index (χ1n) is 6.68. The molecule has 104 valence electrons. The standard InChI is InChI=1S/C15H23N3O/c1-5-14(13-7-9-16-10-8-13)17-15(19)18(6-2)11-12(3)4/h7-10,14H,3,5-6,11H2,1-2,4H3,(H,17,19)/t14-/m1/s1. The Morgan fingerprint density at radius 1 is 1.42 bits per heavy atom. The maximum Gasteiger partial charge on any atom is 0.318 e. The third kappa shape index (κ3) is 4.73. The molecule has 1 heterocycles. The number of nitrogens with one attached hydrogen (secondary N) is 1. The van der Waals surface area contributed by atoms with Crippen LogP contribution in [0.1, 0.15) is 38.8 Å². The van der Waals surface area contributed by atoms with Crippen LogP contribution in [0.25, 0.3) is 0 Å². The smallest absolute Gasteiger partial charge is 0.318 e. The van der Waals surface area contributed by atoms with Crippen molar-refractivity contribution >= 4 is 6.03 Å². The normalized spacial score (nSPS) is 11.7. The molecular weight excluding hydrogens is 238 g/mol. The van der Waals surface area contributed by atoms with Gasteiger partial charge >= 0.3 is 6.03 Å². The van der Waals surface area contributed by atoms with Gasteiger partial charge in [-0.05, 0) is 38.0 Å². The SMILES string of the molecule is C=C(C)CN(CC)C(=O)N[C@H](CC)c1ccncc1. The first-order valence-corrected chi connectivity index (χ1v) is 6.68. The summed E-state index contributed by atoms with van der Waals surface area (Å²) in [7, 11) is 0. The molecule has 0 unspecified atom stereocenters. The second kappa shape index (κ2) is 7.56. The highest BCUT2D eigenvalue weighted by atomic mass is 16.2. The van der Waals surface area contributed by atoms with E-state index < -0.39 is 0 Å². The van der Waals surface area contributed by atoms with E-state index in [1.54, 1.807) is 17.3 Å². The molecule has 1 atom stereocenters. The van der Waals surface area contributed by atoms with Crippen LogP contribution < -0.4 is 5.32 Å². The molecule has 4 heteroatoms. The number of pyridine rings is 1. The molecule has 19 heavy (non-hydrogen) atoms. The molecule has 0 saturated carbocycles. The predicted molar refractivity (Wildman–Crippen MR) is 77.9 cm³/mol. The summed E-state index contributed by atoms with van der Waals surface area (Å²) < 4.78 is 0. The Kier molecular flexibility index (Phi) is 6.06. The monoisotopic (exact) mass is 261 g/mol. The second-order valence-corrected chi connectivity index (χ2v) is 4.66. The van der Waals surface area contributed by atoms with Gasteiger partial charge in [0.25, 0.3) is 0 Å². The van der Waals surface area contributed by atoms with Gasteiger partial charge in [-0.3, -0.25) is 4.98 Å². The van der Waals surface area contributed by atoms with Gasteiger partial charge < -0.3 is 10.2 Å². The number of aromatic nitrogens is 1. The Morgan fingerprint density at radius 3 is 2.53 bits per heavy atom. The number of hydrogen-bond acceptors (Lipinski definition) is 2. The maximum atomic E-state index is 12.2. The quantitative estimate of drug-likeness (QED) is 0.800. The van der Waals surface area contributed by atoms with E-state index in [-0.39, 0.29) is 12.1 Å². The van der Waals surface area contributed by atoms with Crippen molar-refractivity contribution in [1.82, 2.24) is 15.2 Å². The van der Waals surface area contributed by atoms with E-state index in [1.165, 1.54) is 0 Å². The van der Waals surface area contributed by atoms with Crippen molar-refractivity contribution in [3.05, 3.63) is 42.2 Å². The van der Waals surface area contributed by atoms with Crippen molar-refractivity contribution in [2.45, 2.75) is 33.2 Å². The molecule has 0 aliphatic rings. The van der Waals surface area contributed by atoms with Crippen molar-refractivity contribution in [3.8, 4) is 0 Å². The van der Waals surface area contributed by atoms with Gasteiger partial charge in [-0.1, -0.05) is 19.1 Å². The number of nitrogens with zero attached hydrogens (tertiary/aromatic N) is 2. The first kappa shape index (κ1) is 15.2. The minimum Gasteiger partial charge on any atom is -0.331 e. The van der Waals surface area contributed by atoms with Crippen LogP contribution in [-0.4, -0.2) is 29.0 Å². The van der Waals surface area contributed by atoms with Gasteiger partial charge in [0.15, 0.2) is 0 Å². The van der Waals surface area contributed by atoms with Crippen molar-refractivity contribution < 1.29 is 4.79 Å². The van der Waals surface area contributed by atoms with E-state index in [1.807, 2.05) is 26.0 Å². The zero-order valence-corrected chi connectivity index (χ0v) is 12.0. The molecule has 0 saturated heterocycles. The van der Waals surface area contributed by atoms with Crippen molar-refractivity contribution in [2.75, 3.05) is 13.1 Å². The van der Waals surface area contributed by atoms with Gasteiger partial charge in [0.2, 0.25) is 0 Å². The molecule has 0 aliphatic carbocycles. The molecule has 1 N–H and O–H groups in total. The lowest BCUT2D eigenvalue weighted by Gasteiger charge is -2.25. The first-order chi connectivity index (χ1) is 9.08. The summed E-state index contributed by atoms with van der Waals surface area (Å²) in [6, 6.07) is 3.84. The molecule has 0 radical (unpaired) electrons. The lowest BCUT2D eigenvalue weighted by Crippen LogP contribution is -2.42. The van der Waals surface area contributed by atoms with Gasteiger partial charge in [0, 0.05) is 25.5 Å². The van der Waals surface area contributed by atoms with Gasteiger partial charge in [0.05, 0.1) is 6.04 Å². The lowest BCUT2D eigenvalue weighted by atomic mass is 10.1. The fourth-order valence-electron chi connectivity index (χ4n) is 1.91. The third-order valence-electron chi connectivity index (χ3n) is 2.94. The Balaban J connectivity index is 2.70. The molecule has 1 aromatic heterocycles. The highest BCUT2D eigenvalue weighted by Crippen LogP contribution is 2.15. The summed E-state index contributed by atoms with van der Waals surface area (Å²) >= 11 is 0. The number of rotatable bonds is 6. The van der Waals surface area contributed by atoms with Gasteiger partial charge in [0.1, 0.15) is 0 Å². The number of hydrogen-bond donors (Lipinski definition) is 1. The van der Waals surface area contributed by atoms with Crippen LogP contribution in [0.5, 0.6) is 0 Å². The van der Waals surface area contributed by atoms with Crippen LogP contribution in [0.2, 0.25) is 0 Å². The Hall–Kier alpha value is -1.84. The van der Waals surface area contributed by atoms with E-state index in [9.17, 15) is 4.79 Å². The fourth-order valence-corrected chi connectivity index (χ4v) is 1.91. The summed E-state index contributed by atoms with van der Waals surface area (Å²) in [6.45, 7) is 11.1. The summed E-state index contributed by atoms with van der Waals surface area (Å²) in [5.41, 5.74) is 2.06. The maximum absolute atomic E-state index is 12.2. The minimum atomic E-state index is -0.0471. The Bertz CT molecular complexity index is 417. The summed E-state index contributed by atoms with van der Waals surface area (Å²) in [5, 5.41) is 3.06. The second-order valence-electron chi connectivity index (χ2n) is 4.66. The fraction of sp³-hybridized carbons (Fsp3) is 0.467. The molecular formula is C15H23N3O. The van der Waals surface area contributed by atoms with Crippen molar-refractivity contribution in [3.63, 3.8) is 0 Å². The number of likely N-dealkylation sites (N-methyl/N-ethyl adjacent to an activating group) is 1. The average molecular weight is 261 g/mol. The molecule has 4 nitrogen and oxygen atoms in total. The third-order valence-corrected chi connectivity index (χ3v) is 2.94. The summed E-state index contributed by atoms with van der Waals surface area (Å²) in [5.74, 6) is 0. The van der Waals surface area contributed by atoms with E-state index in [0.717, 1.165) is 17.6 Å². The zero-order valence-electron chi connectivity index (χ0n) is 12.0. The van der Waals surface area contributed by atoms with Gasteiger partial charge in [-0.25, -0.2) is 4.79 Å². The van der Waals surface area contributed by atoms with Crippen molar-refractivity contribution in [1.29, 1.82) is 0 Å². The van der Waals surface area contributed by atoms with Crippen LogP contribution in [0.3, 0.4) is 0 Å².